The van der Waals surface area contributed by atoms with Crippen molar-refractivity contribution in [2.75, 3.05) is 32.1 Å². The van der Waals surface area contributed by atoms with E-state index in [4.69, 9.17) is 14.9 Å². The maximum atomic E-state index is 13.8. The maximum Gasteiger partial charge on any atom is 0.261 e. The number of rotatable bonds is 11. The lowest BCUT2D eigenvalue weighted by Gasteiger charge is -2.36. The number of amides is 5. The van der Waals surface area contributed by atoms with Crippen molar-refractivity contribution >= 4 is 47.7 Å². The van der Waals surface area contributed by atoms with Gasteiger partial charge in [-0.05, 0) is 80.5 Å². The zero-order chi connectivity index (χ0) is 38.1. The van der Waals surface area contributed by atoms with Crippen LogP contribution in [0.15, 0.2) is 52.9 Å². The molecule has 2 aromatic carbocycles. The van der Waals surface area contributed by atoms with Crippen LogP contribution in [0.1, 0.15) is 76.9 Å². The number of piperidine rings is 2. The summed E-state index contributed by atoms with van der Waals surface area (Å²) in [6.45, 7) is 6.86. The van der Waals surface area contributed by atoms with E-state index in [9.17, 15) is 24.0 Å². The van der Waals surface area contributed by atoms with Crippen molar-refractivity contribution in [2.24, 2.45) is 4.99 Å². The predicted molar refractivity (Wildman–Crippen MR) is 199 cm³/mol. The summed E-state index contributed by atoms with van der Waals surface area (Å²) in [6.07, 6.45) is 8.43. The molecule has 0 radical (unpaired) electrons. The smallest absolute Gasteiger partial charge is 0.261 e. The van der Waals surface area contributed by atoms with Gasteiger partial charge in [-0.3, -0.25) is 29.3 Å². The SMILES string of the molecule is COc1cc(CCN2CCC(N3Cc4cc(NC(=O)/C(C=N)=C5\N=CC=CN5)c(OC(C)C)cc4C3=O)CC2)cc2c1C(=O)N(C1CCC(=O)NC1=O)C2. The minimum Gasteiger partial charge on any atom is -0.496 e. The summed E-state index contributed by atoms with van der Waals surface area (Å²) in [5, 5.41) is 15.9. The van der Waals surface area contributed by atoms with Gasteiger partial charge in [-0.2, -0.15) is 0 Å². The van der Waals surface area contributed by atoms with Crippen LogP contribution in [-0.4, -0.2) is 102 Å². The summed E-state index contributed by atoms with van der Waals surface area (Å²) in [5.41, 5.74) is 4.14. The van der Waals surface area contributed by atoms with Crippen LogP contribution in [0.3, 0.4) is 0 Å². The summed E-state index contributed by atoms with van der Waals surface area (Å²) < 4.78 is 11.7. The summed E-state index contributed by atoms with van der Waals surface area (Å²) in [4.78, 5) is 74.6. The fourth-order valence-electron chi connectivity index (χ4n) is 7.79. The molecular weight excluding hydrogens is 692 g/mol. The molecule has 5 amide bonds. The van der Waals surface area contributed by atoms with E-state index in [1.807, 2.05) is 30.9 Å². The Hall–Kier alpha value is -5.83. The van der Waals surface area contributed by atoms with Gasteiger partial charge in [-0.1, -0.05) is 6.07 Å². The van der Waals surface area contributed by atoms with Gasteiger partial charge in [0.15, 0.2) is 0 Å². The van der Waals surface area contributed by atoms with Crippen LogP contribution in [0.4, 0.5) is 5.69 Å². The standard InChI is InChI=1S/C39H44N8O7/c1-22(2)54-31-18-27-24(17-29(31)43-36(49)28(19-40)35-41-10-4-11-42-35)20-46(38(27)51)26-8-13-45(14-9-26)12-7-23-15-25-21-47(30-5-6-33(48)44-37(30)50)39(52)34(25)32(16-23)53-3/h4,10-11,15-19,22,26,30,40-41H,5-9,12-14,20-21H2,1-3H3,(H,43,49)(H,44,48,50)/b35-28-,40-19?. The van der Waals surface area contributed by atoms with E-state index < -0.39 is 17.9 Å². The average Bonchev–Trinajstić information content (AvgIpc) is 3.66. The highest BCUT2D eigenvalue weighted by molar-refractivity contribution is 6.18. The molecular formula is C39H44N8O7. The quantitative estimate of drug-likeness (QED) is 0.153. The van der Waals surface area contributed by atoms with Gasteiger partial charge in [0.2, 0.25) is 11.8 Å². The lowest BCUT2D eigenvalue weighted by Crippen LogP contribution is -2.52. The van der Waals surface area contributed by atoms with E-state index in [1.165, 1.54) is 18.2 Å². The number of benzene rings is 2. The first-order valence-electron chi connectivity index (χ1n) is 18.3. The Bertz CT molecular complexity index is 2010. The van der Waals surface area contributed by atoms with Crippen molar-refractivity contribution < 1.29 is 33.4 Å². The van der Waals surface area contributed by atoms with Crippen LogP contribution < -0.4 is 25.4 Å². The van der Waals surface area contributed by atoms with E-state index in [2.05, 4.69) is 25.8 Å². The molecule has 0 saturated carbocycles. The van der Waals surface area contributed by atoms with Crippen molar-refractivity contribution in [3.05, 3.63) is 75.8 Å². The van der Waals surface area contributed by atoms with Crippen LogP contribution in [0, 0.1) is 5.41 Å². The number of fused-ring (bicyclic) bond motifs is 2. The third kappa shape index (κ3) is 7.23. The first kappa shape index (κ1) is 36.5. The Morgan fingerprint density at radius 3 is 2.48 bits per heavy atom. The van der Waals surface area contributed by atoms with Crippen molar-refractivity contribution in [2.45, 2.75) is 77.2 Å². The molecule has 5 aliphatic rings. The molecule has 0 spiro atoms. The third-order valence-corrected chi connectivity index (χ3v) is 10.5. The maximum absolute atomic E-state index is 13.8. The number of nitrogens with one attached hydrogen (secondary N) is 4. The Kier molecular flexibility index (Phi) is 10.3. The Morgan fingerprint density at radius 2 is 1.80 bits per heavy atom. The second-order valence-corrected chi connectivity index (χ2v) is 14.3. The first-order chi connectivity index (χ1) is 26.0. The molecule has 7 rings (SSSR count). The van der Waals surface area contributed by atoms with E-state index in [0.717, 1.165) is 61.8 Å². The highest BCUT2D eigenvalue weighted by Crippen LogP contribution is 2.38. The summed E-state index contributed by atoms with van der Waals surface area (Å²) in [5.74, 6) is -0.487. The molecule has 1 atom stereocenters. The third-order valence-electron chi connectivity index (χ3n) is 10.5. The molecule has 2 saturated heterocycles. The van der Waals surface area contributed by atoms with E-state index >= 15 is 0 Å². The Balaban J connectivity index is 0.978. The largest absolute Gasteiger partial charge is 0.496 e. The van der Waals surface area contributed by atoms with Crippen LogP contribution >= 0.6 is 0 Å². The van der Waals surface area contributed by atoms with Crippen LogP contribution in [0.25, 0.3) is 0 Å². The van der Waals surface area contributed by atoms with Gasteiger partial charge < -0.3 is 40.2 Å². The second-order valence-electron chi connectivity index (χ2n) is 14.3. The summed E-state index contributed by atoms with van der Waals surface area (Å²) >= 11 is 0. The van der Waals surface area contributed by atoms with Gasteiger partial charge >= 0.3 is 0 Å². The minimum atomic E-state index is -0.688. The molecule has 0 aliphatic carbocycles. The minimum absolute atomic E-state index is 0.0515. The zero-order valence-electron chi connectivity index (χ0n) is 30.6. The molecule has 1 unspecified atom stereocenters. The fourth-order valence-corrected chi connectivity index (χ4v) is 7.79. The highest BCUT2D eigenvalue weighted by atomic mass is 16.5. The summed E-state index contributed by atoms with van der Waals surface area (Å²) in [6, 6.07) is 6.78. The lowest BCUT2D eigenvalue weighted by atomic mass is 10.0. The first-order valence-corrected chi connectivity index (χ1v) is 18.3. The molecule has 282 valence electrons. The highest BCUT2D eigenvalue weighted by Gasteiger charge is 2.41. The molecule has 5 heterocycles. The van der Waals surface area contributed by atoms with Gasteiger partial charge in [-0.25, -0.2) is 4.99 Å². The Labute approximate surface area is 312 Å². The van der Waals surface area contributed by atoms with Crippen molar-refractivity contribution in [3.63, 3.8) is 0 Å². The molecule has 5 aliphatic heterocycles. The summed E-state index contributed by atoms with van der Waals surface area (Å²) in [7, 11) is 1.54. The molecule has 15 nitrogen and oxygen atoms in total. The number of imide groups is 1. The van der Waals surface area contributed by atoms with Crippen LogP contribution in [0.5, 0.6) is 11.5 Å². The lowest BCUT2D eigenvalue weighted by molar-refractivity contribution is -0.137. The van der Waals surface area contributed by atoms with Crippen LogP contribution in [-0.2, 0) is 33.9 Å². The molecule has 0 bridgehead atoms. The molecule has 0 aromatic heterocycles. The van der Waals surface area contributed by atoms with Crippen LogP contribution in [0.2, 0.25) is 0 Å². The molecule has 2 fully saturated rings. The topological polar surface area (TPSA) is 186 Å². The van der Waals surface area contributed by atoms with Gasteiger partial charge in [0, 0.05) is 69.4 Å². The Morgan fingerprint density at radius 1 is 1.02 bits per heavy atom. The van der Waals surface area contributed by atoms with E-state index in [-0.39, 0.29) is 54.2 Å². The van der Waals surface area contributed by atoms with E-state index in [0.29, 0.717) is 41.3 Å². The van der Waals surface area contributed by atoms with Gasteiger partial charge in [0.1, 0.15) is 23.4 Å². The zero-order valence-corrected chi connectivity index (χ0v) is 30.6. The molecule has 15 heteroatoms. The normalized spacial score (nSPS) is 20.9. The fraction of sp³-hybridized carbons (Fsp3) is 0.410. The number of likely N-dealkylation sites (tertiary alicyclic amines) is 1. The van der Waals surface area contributed by atoms with Crippen molar-refractivity contribution in [3.8, 4) is 11.5 Å². The number of hydrogen-bond acceptors (Lipinski definition) is 11. The monoisotopic (exact) mass is 736 g/mol. The second kappa shape index (κ2) is 15.3. The van der Waals surface area contributed by atoms with Gasteiger partial charge in [0.05, 0.1) is 30.0 Å². The number of allylic oxidation sites excluding steroid dienone is 1. The number of aliphatic imine (C=N–C) groups is 1. The van der Waals surface area contributed by atoms with E-state index in [1.54, 1.807) is 24.4 Å². The number of ether oxygens (including phenoxy) is 2. The van der Waals surface area contributed by atoms with Crippen molar-refractivity contribution in [1.29, 1.82) is 5.41 Å². The average molecular weight is 737 g/mol. The number of nitrogens with zero attached hydrogens (tertiary/aromatic N) is 4. The van der Waals surface area contributed by atoms with Crippen molar-refractivity contribution in [1.82, 2.24) is 25.3 Å². The number of anilines is 1. The molecule has 54 heavy (non-hydrogen) atoms. The van der Waals surface area contributed by atoms with Gasteiger partial charge in [-0.15, -0.1) is 0 Å². The molecule has 4 N–H and O–H groups in total. The predicted octanol–water partition coefficient (Wildman–Crippen LogP) is 2.89. The number of carbonyl (C=O) groups excluding carboxylic acids is 5. The number of carbonyl (C=O) groups is 5. The number of hydrogen-bond donors (Lipinski definition) is 4. The molecule has 2 aromatic rings. The van der Waals surface area contributed by atoms with Gasteiger partial charge in [0.25, 0.3) is 17.7 Å². The number of methoxy groups -OCH3 is 1.